The van der Waals surface area contributed by atoms with Crippen LogP contribution in [0.15, 0.2) is 22.9 Å². The van der Waals surface area contributed by atoms with Crippen LogP contribution in [0, 0.1) is 6.92 Å². The lowest BCUT2D eigenvalue weighted by Gasteiger charge is -2.19. The Labute approximate surface area is 123 Å². The zero-order valence-electron chi connectivity index (χ0n) is 12.5. The molecule has 3 heterocycles. The molecule has 0 aromatic carbocycles. The molecule has 1 atom stereocenters. The van der Waals surface area contributed by atoms with Gasteiger partial charge in [-0.05, 0) is 32.4 Å². The van der Waals surface area contributed by atoms with Crippen LogP contribution in [0.4, 0.5) is 0 Å². The van der Waals surface area contributed by atoms with Gasteiger partial charge in [-0.3, -0.25) is 9.78 Å². The van der Waals surface area contributed by atoms with E-state index in [1.807, 2.05) is 24.0 Å². The molecule has 0 aliphatic carbocycles. The molecule has 2 aromatic heterocycles. The molecule has 0 bridgehead atoms. The fraction of sp³-hybridized carbons (Fsp3) is 0.467. The first kappa shape index (κ1) is 13.7. The van der Waals surface area contributed by atoms with Gasteiger partial charge in [-0.1, -0.05) is 5.16 Å². The van der Waals surface area contributed by atoms with Crippen LogP contribution in [0.1, 0.15) is 31.9 Å². The van der Waals surface area contributed by atoms with Crippen LogP contribution in [-0.2, 0) is 10.2 Å². The minimum Gasteiger partial charge on any atom is -0.342 e. The van der Waals surface area contributed by atoms with E-state index < -0.39 is 0 Å². The quantitative estimate of drug-likeness (QED) is 0.843. The SMILES string of the molecule is CC(=O)N1CCC(C)(c2nc(-c3ccc(C)nc3)no2)C1. The van der Waals surface area contributed by atoms with Gasteiger partial charge in [0.2, 0.25) is 17.6 Å². The second kappa shape index (κ2) is 4.95. The molecule has 6 nitrogen and oxygen atoms in total. The first-order valence-corrected chi connectivity index (χ1v) is 7.01. The van der Waals surface area contributed by atoms with Crippen molar-refractivity contribution in [2.24, 2.45) is 0 Å². The predicted octanol–water partition coefficient (Wildman–Crippen LogP) is 1.95. The number of carbonyl (C=O) groups is 1. The normalized spacial score (nSPS) is 21.8. The molecule has 0 spiro atoms. The minimum atomic E-state index is -0.269. The molecule has 1 aliphatic rings. The molecule has 1 aliphatic heterocycles. The number of aromatic nitrogens is 3. The van der Waals surface area contributed by atoms with Gasteiger partial charge in [0.25, 0.3) is 0 Å². The number of nitrogens with zero attached hydrogens (tertiary/aromatic N) is 4. The summed E-state index contributed by atoms with van der Waals surface area (Å²) in [5.74, 6) is 1.21. The molecule has 110 valence electrons. The van der Waals surface area contributed by atoms with E-state index in [-0.39, 0.29) is 11.3 Å². The van der Waals surface area contributed by atoms with E-state index in [4.69, 9.17) is 4.52 Å². The Balaban J connectivity index is 1.85. The number of hydrogen-bond acceptors (Lipinski definition) is 5. The number of rotatable bonds is 2. The first-order valence-electron chi connectivity index (χ1n) is 7.01. The maximum Gasteiger partial charge on any atom is 0.234 e. The van der Waals surface area contributed by atoms with Crippen molar-refractivity contribution in [3.8, 4) is 11.4 Å². The van der Waals surface area contributed by atoms with Gasteiger partial charge in [0.15, 0.2) is 0 Å². The van der Waals surface area contributed by atoms with Crippen molar-refractivity contribution >= 4 is 5.91 Å². The number of aryl methyl sites for hydroxylation is 1. The van der Waals surface area contributed by atoms with E-state index >= 15 is 0 Å². The van der Waals surface area contributed by atoms with Gasteiger partial charge >= 0.3 is 0 Å². The van der Waals surface area contributed by atoms with Crippen LogP contribution in [0.3, 0.4) is 0 Å². The Morgan fingerprint density at radius 3 is 2.86 bits per heavy atom. The van der Waals surface area contributed by atoms with Crippen LogP contribution < -0.4 is 0 Å². The van der Waals surface area contributed by atoms with Gasteiger partial charge in [0.1, 0.15) is 0 Å². The second-order valence-electron chi connectivity index (χ2n) is 5.86. The summed E-state index contributed by atoms with van der Waals surface area (Å²) < 4.78 is 5.44. The smallest absolute Gasteiger partial charge is 0.234 e. The summed E-state index contributed by atoms with van der Waals surface area (Å²) in [5, 5.41) is 4.05. The lowest BCUT2D eigenvalue weighted by Crippen LogP contribution is -2.31. The Kier molecular flexibility index (Phi) is 3.23. The average molecular weight is 286 g/mol. The van der Waals surface area contributed by atoms with E-state index in [2.05, 4.69) is 22.0 Å². The topological polar surface area (TPSA) is 72.1 Å². The molecule has 1 unspecified atom stereocenters. The van der Waals surface area contributed by atoms with Crippen LogP contribution >= 0.6 is 0 Å². The highest BCUT2D eigenvalue weighted by Crippen LogP contribution is 2.34. The molecule has 1 amide bonds. The molecule has 1 saturated heterocycles. The van der Waals surface area contributed by atoms with E-state index in [0.717, 1.165) is 24.2 Å². The van der Waals surface area contributed by atoms with Crippen molar-refractivity contribution in [1.82, 2.24) is 20.0 Å². The molecule has 0 saturated carbocycles. The highest BCUT2D eigenvalue weighted by atomic mass is 16.5. The van der Waals surface area contributed by atoms with Gasteiger partial charge < -0.3 is 9.42 Å². The maximum absolute atomic E-state index is 11.5. The van der Waals surface area contributed by atoms with Gasteiger partial charge in [0.05, 0.1) is 5.41 Å². The zero-order valence-corrected chi connectivity index (χ0v) is 12.5. The standard InChI is InChI=1S/C15H18N4O2/c1-10-4-5-12(8-16-10)13-17-14(21-18-13)15(3)6-7-19(9-15)11(2)20/h4-5,8H,6-7,9H2,1-3H3. The van der Waals surface area contributed by atoms with E-state index in [0.29, 0.717) is 18.3 Å². The first-order chi connectivity index (χ1) is 9.98. The molecule has 1 fully saturated rings. The molecule has 2 aromatic rings. The summed E-state index contributed by atoms with van der Waals surface area (Å²) >= 11 is 0. The third-order valence-corrected chi connectivity index (χ3v) is 4.03. The van der Waals surface area contributed by atoms with Crippen molar-refractivity contribution in [1.29, 1.82) is 0 Å². The second-order valence-corrected chi connectivity index (χ2v) is 5.86. The van der Waals surface area contributed by atoms with Crippen molar-refractivity contribution in [2.45, 2.75) is 32.6 Å². The highest BCUT2D eigenvalue weighted by Gasteiger charge is 2.41. The molecule has 6 heteroatoms. The lowest BCUT2D eigenvalue weighted by molar-refractivity contribution is -0.128. The third kappa shape index (κ3) is 2.53. The molecular weight excluding hydrogens is 268 g/mol. The molecule has 0 radical (unpaired) electrons. The minimum absolute atomic E-state index is 0.0844. The molecular formula is C15H18N4O2. The molecule has 21 heavy (non-hydrogen) atoms. The summed E-state index contributed by atoms with van der Waals surface area (Å²) in [7, 11) is 0. The largest absolute Gasteiger partial charge is 0.342 e. The monoisotopic (exact) mass is 286 g/mol. The van der Waals surface area contributed by atoms with Crippen LogP contribution in [0.5, 0.6) is 0 Å². The van der Waals surface area contributed by atoms with Gasteiger partial charge in [-0.25, -0.2) is 0 Å². The molecule has 3 rings (SSSR count). The predicted molar refractivity (Wildman–Crippen MR) is 76.5 cm³/mol. The van der Waals surface area contributed by atoms with Crippen molar-refractivity contribution in [3.63, 3.8) is 0 Å². The van der Waals surface area contributed by atoms with Crippen LogP contribution in [0.2, 0.25) is 0 Å². The van der Waals surface area contributed by atoms with Gasteiger partial charge in [-0.2, -0.15) is 4.98 Å². The fourth-order valence-electron chi connectivity index (χ4n) is 2.59. The number of hydrogen-bond donors (Lipinski definition) is 0. The Morgan fingerprint density at radius 2 is 2.24 bits per heavy atom. The van der Waals surface area contributed by atoms with Gasteiger partial charge in [-0.15, -0.1) is 0 Å². The summed E-state index contributed by atoms with van der Waals surface area (Å²) in [6, 6.07) is 3.84. The average Bonchev–Trinajstić information content (AvgIpc) is 3.07. The van der Waals surface area contributed by atoms with Crippen molar-refractivity contribution in [2.75, 3.05) is 13.1 Å². The zero-order chi connectivity index (χ0) is 15.0. The number of amides is 1. The Morgan fingerprint density at radius 1 is 1.43 bits per heavy atom. The van der Waals surface area contributed by atoms with E-state index in [1.165, 1.54) is 0 Å². The number of likely N-dealkylation sites (tertiary alicyclic amines) is 1. The summed E-state index contributed by atoms with van der Waals surface area (Å²) in [6.45, 7) is 6.93. The molecule has 0 N–H and O–H groups in total. The summed E-state index contributed by atoms with van der Waals surface area (Å²) in [4.78, 5) is 22.0. The highest BCUT2D eigenvalue weighted by molar-refractivity contribution is 5.73. The van der Waals surface area contributed by atoms with E-state index in [9.17, 15) is 4.79 Å². The fourth-order valence-corrected chi connectivity index (χ4v) is 2.59. The summed E-state index contributed by atoms with van der Waals surface area (Å²) in [5.41, 5.74) is 1.51. The van der Waals surface area contributed by atoms with Crippen molar-refractivity contribution < 1.29 is 9.32 Å². The Bertz CT molecular complexity index is 665. The third-order valence-electron chi connectivity index (χ3n) is 4.03. The maximum atomic E-state index is 11.5. The van der Waals surface area contributed by atoms with Crippen LogP contribution in [0.25, 0.3) is 11.4 Å². The number of carbonyl (C=O) groups excluding carboxylic acids is 1. The lowest BCUT2D eigenvalue weighted by atomic mass is 9.90. The summed E-state index contributed by atoms with van der Waals surface area (Å²) in [6.07, 6.45) is 2.57. The Hall–Kier alpha value is -2.24. The van der Waals surface area contributed by atoms with E-state index in [1.54, 1.807) is 13.1 Å². The number of pyridine rings is 1. The van der Waals surface area contributed by atoms with Crippen molar-refractivity contribution in [3.05, 3.63) is 29.9 Å². The van der Waals surface area contributed by atoms with Crippen LogP contribution in [-0.4, -0.2) is 39.0 Å². The van der Waals surface area contributed by atoms with Gasteiger partial charge in [0, 0.05) is 37.5 Å².